The quantitative estimate of drug-likeness (QED) is 0.468. The number of nitrogens with zero attached hydrogens (tertiary/aromatic N) is 3. The van der Waals surface area contributed by atoms with Gasteiger partial charge in [0.15, 0.2) is 0 Å². The Hall–Kier alpha value is -3.71. The summed E-state index contributed by atoms with van der Waals surface area (Å²) in [6.07, 6.45) is 2.95. The Morgan fingerprint density at radius 2 is 1.76 bits per heavy atom. The normalized spacial score (nSPS) is 13.9. The number of hydrogen-bond donors (Lipinski definition) is 2. The van der Waals surface area contributed by atoms with Crippen LogP contribution >= 0.6 is 0 Å². The monoisotopic (exact) mass is 441 g/mol. The second-order valence-electron chi connectivity index (χ2n) is 8.21. The van der Waals surface area contributed by atoms with E-state index in [1.165, 1.54) is 5.56 Å². The molecule has 1 saturated heterocycles. The summed E-state index contributed by atoms with van der Waals surface area (Å²) in [6, 6.07) is 18.1. The molecule has 0 radical (unpaired) electrons. The predicted octanol–water partition coefficient (Wildman–Crippen LogP) is 4.21. The molecule has 2 aromatic carbocycles. The molecule has 168 valence electrons. The lowest BCUT2D eigenvalue weighted by Gasteiger charge is -2.27. The fraction of sp³-hybridized carbons (Fsp3) is 0.269. The number of aromatic amines is 1. The van der Waals surface area contributed by atoms with Gasteiger partial charge in [0.25, 0.3) is 0 Å². The lowest BCUT2D eigenvalue weighted by Crippen LogP contribution is -2.36. The van der Waals surface area contributed by atoms with Crippen LogP contribution in [-0.4, -0.2) is 47.2 Å². The van der Waals surface area contributed by atoms with Crippen LogP contribution in [0.25, 0.3) is 22.3 Å². The second kappa shape index (κ2) is 9.42. The van der Waals surface area contributed by atoms with E-state index >= 15 is 0 Å². The van der Waals surface area contributed by atoms with Gasteiger partial charge in [-0.25, -0.2) is 9.97 Å². The summed E-state index contributed by atoms with van der Waals surface area (Å²) in [7, 11) is 0. The SMILES string of the molecule is CCc1ccc(CC(=O)Nc2ccc(-c3cc4c(N5CCOCC5)ncnc4[nH]3)cc2)cc1. The van der Waals surface area contributed by atoms with E-state index < -0.39 is 0 Å². The number of benzene rings is 2. The number of nitrogens with one attached hydrogen (secondary N) is 2. The molecule has 7 heteroatoms. The zero-order valence-electron chi connectivity index (χ0n) is 18.7. The molecular weight excluding hydrogens is 414 g/mol. The molecule has 1 fully saturated rings. The molecule has 3 heterocycles. The summed E-state index contributed by atoms with van der Waals surface area (Å²) in [6.45, 7) is 5.19. The number of morpholine rings is 1. The summed E-state index contributed by atoms with van der Waals surface area (Å²) in [5.41, 5.74) is 5.86. The third kappa shape index (κ3) is 4.73. The number of H-pyrrole nitrogens is 1. The maximum absolute atomic E-state index is 12.5. The highest BCUT2D eigenvalue weighted by Gasteiger charge is 2.17. The van der Waals surface area contributed by atoms with Crippen LogP contribution in [0.3, 0.4) is 0 Å². The van der Waals surface area contributed by atoms with Crippen molar-refractivity contribution in [3.8, 4) is 11.3 Å². The predicted molar refractivity (Wildman–Crippen MR) is 131 cm³/mol. The topological polar surface area (TPSA) is 83.1 Å². The van der Waals surface area contributed by atoms with Crippen LogP contribution in [0.15, 0.2) is 60.9 Å². The largest absolute Gasteiger partial charge is 0.378 e. The van der Waals surface area contributed by atoms with Crippen LogP contribution in [0.2, 0.25) is 0 Å². The second-order valence-corrected chi connectivity index (χ2v) is 8.21. The average molecular weight is 442 g/mol. The first-order valence-electron chi connectivity index (χ1n) is 11.3. The first-order chi connectivity index (χ1) is 16.2. The van der Waals surface area contributed by atoms with Crippen molar-refractivity contribution in [2.24, 2.45) is 0 Å². The molecule has 2 N–H and O–H groups in total. The van der Waals surface area contributed by atoms with Crippen molar-refractivity contribution in [2.45, 2.75) is 19.8 Å². The standard InChI is InChI=1S/C26H27N5O2/c1-2-18-3-5-19(6-4-18)15-24(32)29-21-9-7-20(8-10-21)23-16-22-25(30-23)27-17-28-26(22)31-11-13-33-14-12-31/h3-10,16-17H,2,11-15H2,1H3,(H,29,32)(H,27,28,30). The number of amides is 1. The number of fused-ring (bicyclic) bond motifs is 1. The summed E-state index contributed by atoms with van der Waals surface area (Å²) < 4.78 is 5.47. The van der Waals surface area contributed by atoms with Crippen LogP contribution in [0.4, 0.5) is 11.5 Å². The molecule has 0 aliphatic carbocycles. The fourth-order valence-corrected chi connectivity index (χ4v) is 4.13. The van der Waals surface area contributed by atoms with E-state index in [0.717, 1.165) is 58.9 Å². The molecule has 0 saturated carbocycles. The minimum absolute atomic E-state index is 0.0250. The highest BCUT2D eigenvalue weighted by Crippen LogP contribution is 2.29. The third-order valence-electron chi connectivity index (χ3n) is 5.99. The molecule has 0 spiro atoms. The van der Waals surface area contributed by atoms with Crippen molar-refractivity contribution < 1.29 is 9.53 Å². The number of aryl methyl sites for hydroxylation is 1. The Kier molecular flexibility index (Phi) is 6.04. The van der Waals surface area contributed by atoms with Crippen molar-refractivity contribution in [2.75, 3.05) is 36.5 Å². The maximum atomic E-state index is 12.5. The van der Waals surface area contributed by atoms with Gasteiger partial charge in [-0.05, 0) is 41.3 Å². The van der Waals surface area contributed by atoms with E-state index in [2.05, 4.69) is 50.3 Å². The molecule has 2 aromatic heterocycles. The van der Waals surface area contributed by atoms with Gasteiger partial charge < -0.3 is 19.9 Å². The number of rotatable bonds is 6. The first-order valence-corrected chi connectivity index (χ1v) is 11.3. The maximum Gasteiger partial charge on any atom is 0.228 e. The zero-order valence-corrected chi connectivity index (χ0v) is 18.7. The minimum atomic E-state index is -0.0250. The number of aromatic nitrogens is 3. The average Bonchev–Trinajstić information content (AvgIpc) is 3.30. The van der Waals surface area contributed by atoms with Gasteiger partial charge in [-0.3, -0.25) is 4.79 Å². The number of carbonyl (C=O) groups excluding carboxylic acids is 1. The molecule has 0 bridgehead atoms. The zero-order chi connectivity index (χ0) is 22.6. The lowest BCUT2D eigenvalue weighted by atomic mass is 10.1. The molecule has 1 aliphatic rings. The molecule has 7 nitrogen and oxygen atoms in total. The van der Waals surface area contributed by atoms with E-state index in [1.54, 1.807) is 6.33 Å². The smallest absolute Gasteiger partial charge is 0.228 e. The molecule has 33 heavy (non-hydrogen) atoms. The van der Waals surface area contributed by atoms with E-state index in [-0.39, 0.29) is 5.91 Å². The molecule has 1 amide bonds. The van der Waals surface area contributed by atoms with Crippen LogP contribution in [-0.2, 0) is 22.4 Å². The molecule has 0 unspecified atom stereocenters. The number of hydrogen-bond acceptors (Lipinski definition) is 5. The Morgan fingerprint density at radius 3 is 2.48 bits per heavy atom. The van der Waals surface area contributed by atoms with Gasteiger partial charge in [-0.1, -0.05) is 43.3 Å². The number of ether oxygens (including phenoxy) is 1. The summed E-state index contributed by atoms with van der Waals surface area (Å²) in [4.78, 5) is 27.0. The van der Waals surface area contributed by atoms with Crippen LogP contribution in [0.5, 0.6) is 0 Å². The Bertz CT molecular complexity index is 1240. The fourth-order valence-electron chi connectivity index (χ4n) is 4.13. The van der Waals surface area contributed by atoms with Gasteiger partial charge in [-0.2, -0.15) is 0 Å². The third-order valence-corrected chi connectivity index (χ3v) is 5.99. The Balaban J connectivity index is 1.29. The van der Waals surface area contributed by atoms with Crippen molar-refractivity contribution in [3.63, 3.8) is 0 Å². The highest BCUT2D eigenvalue weighted by molar-refractivity contribution is 5.94. The van der Waals surface area contributed by atoms with Crippen LogP contribution in [0, 0.1) is 0 Å². The summed E-state index contributed by atoms with van der Waals surface area (Å²) >= 11 is 0. The van der Waals surface area contributed by atoms with Gasteiger partial charge in [0.05, 0.1) is 25.0 Å². The van der Waals surface area contributed by atoms with Gasteiger partial charge in [0.2, 0.25) is 5.91 Å². The molecular formula is C26H27N5O2. The minimum Gasteiger partial charge on any atom is -0.378 e. The lowest BCUT2D eigenvalue weighted by molar-refractivity contribution is -0.115. The Labute approximate surface area is 192 Å². The van der Waals surface area contributed by atoms with E-state index in [4.69, 9.17) is 4.74 Å². The molecule has 1 aliphatic heterocycles. The van der Waals surface area contributed by atoms with Gasteiger partial charge >= 0.3 is 0 Å². The van der Waals surface area contributed by atoms with E-state index in [1.807, 2.05) is 36.4 Å². The molecule has 4 aromatic rings. The van der Waals surface area contributed by atoms with Gasteiger partial charge in [0.1, 0.15) is 17.8 Å². The van der Waals surface area contributed by atoms with Crippen molar-refractivity contribution in [1.82, 2.24) is 15.0 Å². The highest BCUT2D eigenvalue weighted by atomic mass is 16.5. The van der Waals surface area contributed by atoms with Crippen molar-refractivity contribution in [3.05, 3.63) is 72.1 Å². The van der Waals surface area contributed by atoms with Gasteiger partial charge in [-0.15, -0.1) is 0 Å². The first kappa shape index (κ1) is 21.2. The van der Waals surface area contributed by atoms with Crippen LogP contribution < -0.4 is 10.2 Å². The number of carbonyl (C=O) groups is 1. The van der Waals surface area contributed by atoms with Gasteiger partial charge in [0, 0.05) is 24.5 Å². The van der Waals surface area contributed by atoms with Crippen molar-refractivity contribution >= 4 is 28.4 Å². The van der Waals surface area contributed by atoms with E-state index in [9.17, 15) is 4.79 Å². The van der Waals surface area contributed by atoms with E-state index in [0.29, 0.717) is 19.6 Å². The van der Waals surface area contributed by atoms with Crippen molar-refractivity contribution in [1.29, 1.82) is 0 Å². The van der Waals surface area contributed by atoms with Crippen LogP contribution in [0.1, 0.15) is 18.1 Å². The summed E-state index contributed by atoms with van der Waals surface area (Å²) in [5, 5.41) is 3.99. The Morgan fingerprint density at radius 1 is 1.03 bits per heavy atom. The number of anilines is 2. The molecule has 5 rings (SSSR count). The summed E-state index contributed by atoms with van der Waals surface area (Å²) in [5.74, 6) is 0.907. The molecule has 0 atom stereocenters.